The second kappa shape index (κ2) is 5.88. The van der Waals surface area contributed by atoms with Gasteiger partial charge in [-0.15, -0.1) is 0 Å². The normalized spacial score (nSPS) is 13.8. The van der Waals surface area contributed by atoms with Gasteiger partial charge in [-0.3, -0.25) is 0 Å². The number of nitrogens with one attached hydrogen (secondary N) is 2. The summed E-state index contributed by atoms with van der Waals surface area (Å²) >= 11 is 0. The topological polar surface area (TPSA) is 24.1 Å². The zero-order valence-corrected chi connectivity index (χ0v) is 13.1. The predicted molar refractivity (Wildman–Crippen MR) is 97.4 cm³/mol. The van der Waals surface area contributed by atoms with Gasteiger partial charge in [0.2, 0.25) is 0 Å². The number of alkyl halides is 3. The summed E-state index contributed by atoms with van der Waals surface area (Å²) in [5.74, 6) is 1.71. The van der Waals surface area contributed by atoms with Crippen molar-refractivity contribution in [1.82, 2.24) is 0 Å². The lowest BCUT2D eigenvalue weighted by molar-refractivity contribution is -0.137. The highest BCUT2D eigenvalue weighted by Gasteiger charge is 2.32. The van der Waals surface area contributed by atoms with E-state index in [2.05, 4.69) is 10.5 Å². The van der Waals surface area contributed by atoms with Gasteiger partial charge in [-0.25, -0.2) is 0 Å². The van der Waals surface area contributed by atoms with Crippen molar-refractivity contribution in [2.75, 3.05) is 10.5 Å². The predicted octanol–water partition coefficient (Wildman–Crippen LogP) is 5.44. The van der Waals surface area contributed by atoms with Gasteiger partial charge in [-0.2, -0.15) is 13.2 Å². The lowest BCUT2D eigenvalue weighted by atomic mass is 9.72. The van der Waals surface area contributed by atoms with Crippen LogP contribution in [-0.2, 0) is 6.18 Å². The number of rotatable bonds is 2. The number of anilines is 2. The highest BCUT2D eigenvalue weighted by Crippen LogP contribution is 2.35. The van der Waals surface area contributed by atoms with E-state index in [1.807, 2.05) is 36.4 Å². The third-order valence-corrected chi connectivity index (χ3v) is 4.26. The van der Waals surface area contributed by atoms with Crippen LogP contribution in [0.25, 0.3) is 16.8 Å². The Balaban J connectivity index is 1.65. The first-order valence-corrected chi connectivity index (χ1v) is 7.92. The second-order valence-electron chi connectivity index (χ2n) is 5.92. The minimum Gasteiger partial charge on any atom is -0.405 e. The van der Waals surface area contributed by atoms with Crippen LogP contribution in [0, 0.1) is 0 Å². The molecule has 0 fully saturated rings. The van der Waals surface area contributed by atoms with Crippen LogP contribution in [0.5, 0.6) is 0 Å². The van der Waals surface area contributed by atoms with Crippen LogP contribution in [-0.4, -0.2) is 6.98 Å². The van der Waals surface area contributed by atoms with E-state index in [9.17, 15) is 13.2 Å². The molecule has 3 aromatic rings. The summed E-state index contributed by atoms with van der Waals surface area (Å²) in [6.45, 7) is -0.290. The van der Waals surface area contributed by atoms with Crippen LogP contribution in [0.3, 0.4) is 0 Å². The van der Waals surface area contributed by atoms with Crippen molar-refractivity contribution in [1.29, 1.82) is 0 Å². The monoisotopic (exact) mass is 338 g/mol. The average molecular weight is 338 g/mol. The zero-order chi connectivity index (χ0) is 17.4. The van der Waals surface area contributed by atoms with Crippen LogP contribution < -0.4 is 10.5 Å². The Morgan fingerprint density at radius 1 is 0.800 bits per heavy atom. The number of benzene rings is 3. The SMILES string of the molecule is FC(F)(F)c1ccccc1/C=C\B1Nc2cccc3cccc(c23)N1. The molecule has 0 unspecified atom stereocenters. The van der Waals surface area contributed by atoms with Gasteiger partial charge in [0.15, 0.2) is 0 Å². The van der Waals surface area contributed by atoms with Gasteiger partial charge in [0.25, 0.3) is 0 Å². The molecule has 0 atom stereocenters. The van der Waals surface area contributed by atoms with Gasteiger partial charge in [0, 0.05) is 16.8 Å². The summed E-state index contributed by atoms with van der Waals surface area (Å²) in [5, 5.41) is 8.82. The molecule has 2 N–H and O–H groups in total. The molecule has 0 bridgehead atoms. The Morgan fingerprint density at radius 3 is 2.08 bits per heavy atom. The highest BCUT2D eigenvalue weighted by atomic mass is 19.4. The average Bonchev–Trinajstić information content (AvgIpc) is 2.60. The smallest absolute Gasteiger partial charge is 0.405 e. The number of hydrogen-bond acceptors (Lipinski definition) is 2. The quantitative estimate of drug-likeness (QED) is 0.608. The van der Waals surface area contributed by atoms with Crippen LogP contribution in [0.2, 0.25) is 0 Å². The highest BCUT2D eigenvalue weighted by molar-refractivity contribution is 6.73. The first kappa shape index (κ1) is 15.6. The Bertz CT molecular complexity index is 926. The molecule has 25 heavy (non-hydrogen) atoms. The van der Waals surface area contributed by atoms with Crippen LogP contribution in [0.1, 0.15) is 11.1 Å². The van der Waals surface area contributed by atoms with Crippen LogP contribution >= 0.6 is 0 Å². The molecule has 1 heterocycles. The fourth-order valence-corrected chi connectivity index (χ4v) is 3.15. The number of halogens is 3. The molecular formula is C19H14BF3N2. The molecule has 2 nitrogen and oxygen atoms in total. The van der Waals surface area contributed by atoms with Gasteiger partial charge in [0.1, 0.15) is 0 Å². The summed E-state index contributed by atoms with van der Waals surface area (Å²) in [5.41, 5.74) is 1.44. The van der Waals surface area contributed by atoms with Gasteiger partial charge >= 0.3 is 13.2 Å². The van der Waals surface area contributed by atoms with E-state index in [1.54, 1.807) is 12.0 Å². The Labute approximate surface area is 143 Å². The lowest BCUT2D eigenvalue weighted by Crippen LogP contribution is -2.35. The molecular weight excluding hydrogens is 324 g/mol. The maximum Gasteiger partial charge on any atom is 0.416 e. The van der Waals surface area contributed by atoms with Gasteiger partial charge < -0.3 is 10.5 Å². The largest absolute Gasteiger partial charge is 0.416 e. The molecule has 3 aromatic carbocycles. The minimum atomic E-state index is -4.37. The van der Waals surface area contributed by atoms with Crippen LogP contribution in [0.4, 0.5) is 24.5 Å². The Morgan fingerprint density at radius 2 is 1.44 bits per heavy atom. The van der Waals surface area contributed by atoms with Crippen LogP contribution in [0.15, 0.2) is 66.6 Å². The molecule has 1 aliphatic rings. The molecule has 0 spiro atoms. The summed E-state index contributed by atoms with van der Waals surface area (Å²) in [4.78, 5) is 0. The molecule has 1 aliphatic heterocycles. The van der Waals surface area contributed by atoms with Crippen molar-refractivity contribution in [2.24, 2.45) is 0 Å². The van der Waals surface area contributed by atoms with E-state index in [0.29, 0.717) is 0 Å². The summed E-state index contributed by atoms with van der Waals surface area (Å²) in [6, 6.07) is 17.5. The maximum absolute atomic E-state index is 13.1. The van der Waals surface area contributed by atoms with E-state index in [4.69, 9.17) is 0 Å². The third-order valence-electron chi connectivity index (χ3n) is 4.26. The molecule has 0 saturated carbocycles. The van der Waals surface area contributed by atoms with Gasteiger partial charge in [-0.1, -0.05) is 54.5 Å². The van der Waals surface area contributed by atoms with Crippen molar-refractivity contribution < 1.29 is 13.2 Å². The molecule has 0 saturated heterocycles. The molecule has 6 heteroatoms. The summed E-state index contributed by atoms with van der Waals surface area (Å²) in [6.07, 6.45) is -2.87. The molecule has 0 aliphatic carbocycles. The molecule has 0 aromatic heterocycles. The third kappa shape index (κ3) is 2.95. The fraction of sp³-hybridized carbons (Fsp3) is 0.0526. The molecule has 0 amide bonds. The van der Waals surface area contributed by atoms with E-state index in [-0.39, 0.29) is 12.5 Å². The van der Waals surface area contributed by atoms with E-state index >= 15 is 0 Å². The maximum atomic E-state index is 13.1. The van der Waals surface area contributed by atoms with Crippen molar-refractivity contribution in [3.63, 3.8) is 0 Å². The van der Waals surface area contributed by atoms with E-state index in [0.717, 1.165) is 28.2 Å². The molecule has 0 radical (unpaired) electrons. The lowest BCUT2D eigenvalue weighted by Gasteiger charge is -2.24. The molecule has 4 rings (SSSR count). The summed E-state index contributed by atoms with van der Waals surface area (Å²) < 4.78 is 39.3. The zero-order valence-electron chi connectivity index (χ0n) is 13.1. The van der Waals surface area contributed by atoms with Crippen molar-refractivity contribution >= 4 is 35.2 Å². The van der Waals surface area contributed by atoms with Crippen molar-refractivity contribution in [2.45, 2.75) is 6.18 Å². The minimum absolute atomic E-state index is 0.149. The number of hydrogen-bond donors (Lipinski definition) is 2. The first-order chi connectivity index (χ1) is 12.0. The second-order valence-corrected chi connectivity index (χ2v) is 5.92. The first-order valence-electron chi connectivity index (χ1n) is 7.92. The van der Waals surface area contributed by atoms with E-state index in [1.165, 1.54) is 18.2 Å². The Kier molecular flexibility index (Phi) is 3.68. The Hall–Kier alpha value is -2.89. The van der Waals surface area contributed by atoms with E-state index < -0.39 is 11.7 Å². The van der Waals surface area contributed by atoms with Crippen molar-refractivity contribution in [3.8, 4) is 0 Å². The van der Waals surface area contributed by atoms with Gasteiger partial charge in [-0.05, 0) is 29.1 Å². The summed E-state index contributed by atoms with van der Waals surface area (Å²) in [7, 11) is 0. The standard InChI is InChI=1S/C19H14BF3N2/c21-19(22,23)15-8-2-1-5-13(15)11-12-20-24-16-9-3-6-14-7-4-10-17(25-20)18(14)16/h1-12,24-25H/b12-11-. The fourth-order valence-electron chi connectivity index (χ4n) is 3.15. The molecule has 124 valence electrons. The van der Waals surface area contributed by atoms with Gasteiger partial charge in [0.05, 0.1) is 5.56 Å². The van der Waals surface area contributed by atoms with Crippen molar-refractivity contribution in [3.05, 3.63) is 77.8 Å².